The van der Waals surface area contributed by atoms with Gasteiger partial charge in [-0.2, -0.15) is 17.6 Å². The van der Waals surface area contributed by atoms with Gasteiger partial charge in [-0.25, -0.2) is 9.78 Å². The monoisotopic (exact) mass is 393 g/mol. The van der Waals surface area contributed by atoms with Gasteiger partial charge in [0.15, 0.2) is 0 Å². The van der Waals surface area contributed by atoms with Crippen LogP contribution < -0.4 is 4.90 Å². The molecule has 1 aromatic heterocycles. The molecule has 0 saturated carbocycles. The quantitative estimate of drug-likeness (QED) is 0.519. The van der Waals surface area contributed by atoms with Gasteiger partial charge in [0, 0.05) is 13.1 Å². The lowest BCUT2D eigenvalue weighted by Gasteiger charge is -2.42. The summed E-state index contributed by atoms with van der Waals surface area (Å²) in [7, 11) is 0. The number of aromatic nitrogens is 1. The van der Waals surface area contributed by atoms with Crippen molar-refractivity contribution in [1.29, 1.82) is 0 Å². The minimum atomic E-state index is -4.61. The molecule has 1 unspecified atom stereocenters. The number of anilines is 1. The Bertz CT molecular complexity index is 624. The van der Waals surface area contributed by atoms with E-state index in [0.29, 0.717) is 5.56 Å². The first kappa shape index (κ1) is 23.0. The predicted molar refractivity (Wildman–Crippen MR) is 95.3 cm³/mol. The van der Waals surface area contributed by atoms with E-state index in [2.05, 4.69) is 4.98 Å². The lowest BCUT2D eigenvalue weighted by Crippen LogP contribution is -2.61. The summed E-state index contributed by atoms with van der Waals surface area (Å²) in [6.07, 6.45) is -5.41. The Kier molecular flexibility index (Phi) is 7.45. The first-order chi connectivity index (χ1) is 12.4. The smallest absolute Gasteiger partial charge is 0.410 e. The second-order valence-corrected chi connectivity index (χ2v) is 7.00. The Morgan fingerprint density at radius 3 is 2.26 bits per heavy atom. The molecule has 2 rings (SSSR count). The molecule has 27 heavy (non-hydrogen) atoms. The zero-order chi connectivity index (χ0) is 21.0. The molecule has 1 atom stereocenters. The van der Waals surface area contributed by atoms with E-state index in [4.69, 9.17) is 4.74 Å². The van der Waals surface area contributed by atoms with Crippen LogP contribution in [0.2, 0.25) is 0 Å². The Hall–Kier alpha value is -2.06. The minimum Gasteiger partial charge on any atom is -0.444 e. The van der Waals surface area contributed by atoms with E-state index in [1.807, 2.05) is 13.8 Å². The maximum atomic E-state index is 13.5. The molecule has 9 heteroatoms. The molecule has 0 bridgehead atoms. The lowest BCUT2D eigenvalue weighted by molar-refractivity contribution is -0.155. The number of alkyl halides is 3. The van der Waals surface area contributed by atoms with E-state index >= 15 is 0 Å². The number of carbonyl (C=O) groups is 1. The SMILES string of the molecule is CC.Cc1cc(F)nc(N2CCN(C(=O)OC(C)(C)C)CC2C(F)(F)F)c1. The van der Waals surface area contributed by atoms with Crippen molar-refractivity contribution < 1.29 is 27.1 Å². The van der Waals surface area contributed by atoms with Gasteiger partial charge in [0.25, 0.3) is 0 Å². The zero-order valence-corrected chi connectivity index (χ0v) is 16.5. The molecule has 1 aromatic rings. The predicted octanol–water partition coefficient (Wildman–Crippen LogP) is 4.54. The van der Waals surface area contributed by atoms with Crippen LogP contribution in [0.3, 0.4) is 0 Å². The number of hydrogen-bond acceptors (Lipinski definition) is 4. The van der Waals surface area contributed by atoms with E-state index in [1.54, 1.807) is 27.7 Å². The number of halogens is 4. The van der Waals surface area contributed by atoms with E-state index in [9.17, 15) is 22.4 Å². The van der Waals surface area contributed by atoms with Crippen molar-refractivity contribution in [3.8, 4) is 0 Å². The molecule has 1 saturated heterocycles. The lowest BCUT2D eigenvalue weighted by atomic mass is 10.1. The van der Waals surface area contributed by atoms with Crippen molar-refractivity contribution in [2.24, 2.45) is 0 Å². The minimum absolute atomic E-state index is 0.0265. The molecule has 1 fully saturated rings. The highest BCUT2D eigenvalue weighted by molar-refractivity contribution is 5.68. The van der Waals surface area contributed by atoms with Crippen LogP contribution in [0.15, 0.2) is 12.1 Å². The van der Waals surface area contributed by atoms with Crippen LogP contribution >= 0.6 is 0 Å². The highest BCUT2D eigenvalue weighted by Gasteiger charge is 2.48. The maximum Gasteiger partial charge on any atom is 0.410 e. The van der Waals surface area contributed by atoms with Crippen LogP contribution in [-0.2, 0) is 4.74 Å². The molecule has 0 N–H and O–H groups in total. The van der Waals surface area contributed by atoms with Gasteiger partial charge < -0.3 is 14.5 Å². The molecule has 0 aromatic carbocycles. The van der Waals surface area contributed by atoms with Gasteiger partial charge in [0.2, 0.25) is 5.95 Å². The van der Waals surface area contributed by atoms with Gasteiger partial charge in [-0.05, 0) is 45.4 Å². The third kappa shape index (κ3) is 6.55. The largest absolute Gasteiger partial charge is 0.444 e. The molecule has 1 amide bonds. The molecule has 1 aliphatic heterocycles. The van der Waals surface area contributed by atoms with Crippen molar-refractivity contribution in [3.63, 3.8) is 0 Å². The van der Waals surface area contributed by atoms with Crippen LogP contribution in [0.4, 0.5) is 28.2 Å². The highest BCUT2D eigenvalue weighted by Crippen LogP contribution is 2.31. The molecule has 2 heterocycles. The normalized spacial score (nSPS) is 17.9. The van der Waals surface area contributed by atoms with Crippen molar-refractivity contribution >= 4 is 11.9 Å². The summed E-state index contributed by atoms with van der Waals surface area (Å²) in [5.74, 6) is -0.936. The number of pyridine rings is 1. The van der Waals surface area contributed by atoms with Crippen LogP contribution in [0.5, 0.6) is 0 Å². The Morgan fingerprint density at radius 1 is 1.19 bits per heavy atom. The number of ether oxygens (including phenoxy) is 1. The zero-order valence-electron chi connectivity index (χ0n) is 16.5. The fraction of sp³-hybridized carbons (Fsp3) is 0.667. The maximum absolute atomic E-state index is 13.5. The third-order valence-electron chi connectivity index (χ3n) is 3.63. The molecule has 154 valence electrons. The second-order valence-electron chi connectivity index (χ2n) is 7.00. The first-order valence-corrected chi connectivity index (χ1v) is 8.82. The average molecular weight is 393 g/mol. The molecule has 0 radical (unpaired) electrons. The Labute approximate surface area is 157 Å². The number of aryl methyl sites for hydroxylation is 1. The number of piperazine rings is 1. The fourth-order valence-corrected chi connectivity index (χ4v) is 2.58. The standard InChI is InChI=1S/C16H21F4N3O2.C2H6/c1-10-7-12(17)21-13(8-10)23-6-5-22(9-11(23)16(18,19)20)14(24)25-15(2,3)4;1-2/h7-8,11H,5-6,9H2,1-4H3;1-2H3. The summed E-state index contributed by atoms with van der Waals surface area (Å²) in [6.45, 7) is 9.80. The van der Waals surface area contributed by atoms with E-state index < -0.39 is 36.4 Å². The van der Waals surface area contributed by atoms with E-state index in [-0.39, 0.29) is 18.9 Å². The number of rotatable bonds is 1. The van der Waals surface area contributed by atoms with Gasteiger partial charge in [-0.1, -0.05) is 13.8 Å². The van der Waals surface area contributed by atoms with Gasteiger partial charge in [-0.15, -0.1) is 0 Å². The highest BCUT2D eigenvalue weighted by atomic mass is 19.4. The molecule has 5 nitrogen and oxygen atoms in total. The van der Waals surface area contributed by atoms with E-state index in [0.717, 1.165) is 15.9 Å². The number of amides is 1. The molecule has 0 aliphatic carbocycles. The van der Waals surface area contributed by atoms with Gasteiger partial charge in [0.1, 0.15) is 17.5 Å². The summed E-state index contributed by atoms with van der Waals surface area (Å²) in [5.41, 5.74) is -0.332. The molecule has 0 spiro atoms. The molecular weight excluding hydrogens is 366 g/mol. The molecule has 1 aliphatic rings. The van der Waals surface area contributed by atoms with Crippen molar-refractivity contribution in [3.05, 3.63) is 23.6 Å². The van der Waals surface area contributed by atoms with Crippen LogP contribution in [-0.4, -0.2) is 53.4 Å². The van der Waals surface area contributed by atoms with Gasteiger partial charge in [-0.3, -0.25) is 0 Å². The third-order valence-corrected chi connectivity index (χ3v) is 3.63. The molecular formula is C18H27F4N3O2. The summed E-state index contributed by atoms with van der Waals surface area (Å²) >= 11 is 0. The van der Waals surface area contributed by atoms with Crippen molar-refractivity contribution in [2.75, 3.05) is 24.5 Å². The average Bonchev–Trinajstić information content (AvgIpc) is 2.53. The summed E-state index contributed by atoms with van der Waals surface area (Å²) < 4.78 is 59.2. The summed E-state index contributed by atoms with van der Waals surface area (Å²) in [5, 5.41) is 0. The topological polar surface area (TPSA) is 45.7 Å². The van der Waals surface area contributed by atoms with Crippen molar-refractivity contribution in [1.82, 2.24) is 9.88 Å². The number of carbonyl (C=O) groups excluding carboxylic acids is 1. The first-order valence-electron chi connectivity index (χ1n) is 8.82. The van der Waals surface area contributed by atoms with Crippen LogP contribution in [0, 0.1) is 12.9 Å². The van der Waals surface area contributed by atoms with Crippen LogP contribution in [0.25, 0.3) is 0 Å². The van der Waals surface area contributed by atoms with Crippen LogP contribution in [0.1, 0.15) is 40.2 Å². The number of hydrogen-bond donors (Lipinski definition) is 0. The van der Waals surface area contributed by atoms with Gasteiger partial charge in [0.05, 0.1) is 6.54 Å². The second kappa shape index (κ2) is 8.75. The number of nitrogens with zero attached hydrogens (tertiary/aromatic N) is 3. The Morgan fingerprint density at radius 2 is 1.78 bits per heavy atom. The summed E-state index contributed by atoms with van der Waals surface area (Å²) in [4.78, 5) is 17.7. The Balaban J connectivity index is 0.00000176. The summed E-state index contributed by atoms with van der Waals surface area (Å²) in [6, 6.07) is 0.552. The van der Waals surface area contributed by atoms with E-state index in [1.165, 1.54) is 6.07 Å². The van der Waals surface area contributed by atoms with Gasteiger partial charge >= 0.3 is 12.3 Å². The van der Waals surface area contributed by atoms with Crippen molar-refractivity contribution in [2.45, 2.75) is 59.4 Å². The fourth-order valence-electron chi connectivity index (χ4n) is 2.58.